The maximum Gasteiger partial charge on any atom is 0.417 e. The van der Waals surface area contributed by atoms with Gasteiger partial charge in [0.1, 0.15) is 11.4 Å². The van der Waals surface area contributed by atoms with Crippen molar-refractivity contribution in [2.45, 2.75) is 51.9 Å². The summed E-state index contributed by atoms with van der Waals surface area (Å²) in [7, 11) is 0. The maximum absolute atomic E-state index is 13.8. The fourth-order valence-corrected chi connectivity index (χ4v) is 3.31. The van der Waals surface area contributed by atoms with Crippen molar-refractivity contribution in [3.8, 4) is 11.1 Å². The van der Waals surface area contributed by atoms with Crippen molar-refractivity contribution in [3.05, 3.63) is 51.7 Å². The van der Waals surface area contributed by atoms with Crippen LogP contribution < -0.4 is 10.9 Å². The van der Waals surface area contributed by atoms with Gasteiger partial charge in [0.25, 0.3) is 5.56 Å². The second kappa shape index (κ2) is 7.20. The van der Waals surface area contributed by atoms with E-state index in [1.165, 1.54) is 4.57 Å². The van der Waals surface area contributed by atoms with Crippen LogP contribution in [0.2, 0.25) is 0 Å². The number of amides is 1. The number of carbonyl (C=O) groups excluding carboxylic acids is 1. The lowest BCUT2D eigenvalue weighted by Gasteiger charge is -2.21. The van der Waals surface area contributed by atoms with E-state index in [4.69, 9.17) is 4.74 Å². The Morgan fingerprint density at radius 1 is 1.14 bits per heavy atom. The van der Waals surface area contributed by atoms with Crippen LogP contribution in [0.5, 0.6) is 0 Å². The van der Waals surface area contributed by atoms with Crippen molar-refractivity contribution in [1.82, 2.24) is 4.57 Å². The Morgan fingerprint density at radius 3 is 2.45 bits per heavy atom. The molecular weight excluding hydrogens is 392 g/mol. The van der Waals surface area contributed by atoms with E-state index in [-0.39, 0.29) is 11.3 Å². The van der Waals surface area contributed by atoms with Gasteiger partial charge in [-0.15, -0.1) is 0 Å². The van der Waals surface area contributed by atoms with Crippen molar-refractivity contribution in [2.75, 3.05) is 5.32 Å². The molecule has 0 aliphatic carbocycles. The van der Waals surface area contributed by atoms with E-state index < -0.39 is 40.4 Å². The topological polar surface area (TPSA) is 60.3 Å². The van der Waals surface area contributed by atoms with Crippen molar-refractivity contribution >= 4 is 11.8 Å². The number of anilines is 1. The Morgan fingerprint density at radius 2 is 1.83 bits per heavy atom. The molecule has 0 fully saturated rings. The molecule has 2 aromatic rings. The zero-order chi connectivity index (χ0) is 21.6. The maximum atomic E-state index is 13.8. The molecule has 0 saturated heterocycles. The van der Waals surface area contributed by atoms with Gasteiger partial charge in [-0.2, -0.15) is 13.2 Å². The van der Waals surface area contributed by atoms with Crippen LogP contribution in [0.25, 0.3) is 11.1 Å². The Kier molecular flexibility index (Phi) is 5.19. The number of alkyl halides is 3. The van der Waals surface area contributed by atoms with Gasteiger partial charge in [0, 0.05) is 23.4 Å². The number of rotatable bonds is 2. The summed E-state index contributed by atoms with van der Waals surface area (Å²) >= 11 is 0. The molecule has 5 nitrogen and oxygen atoms in total. The number of carbonyl (C=O) groups is 1. The van der Waals surface area contributed by atoms with Crippen LogP contribution in [0.3, 0.4) is 0 Å². The predicted octanol–water partition coefficient (Wildman–Crippen LogP) is 4.97. The third-order valence-electron chi connectivity index (χ3n) is 4.41. The molecule has 1 amide bonds. The van der Waals surface area contributed by atoms with Crippen LogP contribution >= 0.6 is 0 Å². The largest absolute Gasteiger partial charge is 0.444 e. The summed E-state index contributed by atoms with van der Waals surface area (Å²) in [6.45, 7) is 5.29. The molecule has 0 saturated carbocycles. The first-order chi connectivity index (χ1) is 13.4. The average Bonchev–Trinajstić information content (AvgIpc) is 3.05. The molecule has 1 aromatic carbocycles. The van der Waals surface area contributed by atoms with Crippen LogP contribution in [-0.4, -0.2) is 16.3 Å². The van der Waals surface area contributed by atoms with Gasteiger partial charge in [0.05, 0.1) is 11.3 Å². The smallest absolute Gasteiger partial charge is 0.417 e. The number of hydrogen-bond donors (Lipinski definition) is 1. The second-order valence-electron chi connectivity index (χ2n) is 7.79. The monoisotopic (exact) mass is 412 g/mol. The van der Waals surface area contributed by atoms with E-state index in [1.807, 2.05) is 0 Å². The molecule has 1 aliphatic heterocycles. The lowest BCUT2D eigenvalue weighted by Crippen LogP contribution is -2.29. The first-order valence-corrected chi connectivity index (χ1v) is 9.00. The highest BCUT2D eigenvalue weighted by Gasteiger charge is 2.35. The van der Waals surface area contributed by atoms with Gasteiger partial charge in [-0.05, 0) is 57.9 Å². The molecular formula is C20H20F4N2O3. The first-order valence-electron chi connectivity index (χ1n) is 9.00. The lowest BCUT2D eigenvalue weighted by atomic mass is 9.99. The minimum atomic E-state index is -4.78. The van der Waals surface area contributed by atoms with Crippen LogP contribution in [0.1, 0.15) is 38.4 Å². The van der Waals surface area contributed by atoms with E-state index in [1.54, 1.807) is 20.8 Å². The molecule has 0 spiro atoms. The molecule has 1 N–H and O–H groups in total. The number of halogens is 4. The Hall–Kier alpha value is -2.84. The zero-order valence-electron chi connectivity index (χ0n) is 16.1. The highest BCUT2D eigenvalue weighted by atomic mass is 19.4. The molecule has 0 radical (unpaired) electrons. The van der Waals surface area contributed by atoms with Gasteiger partial charge in [0.2, 0.25) is 0 Å². The van der Waals surface area contributed by atoms with Gasteiger partial charge in [0.15, 0.2) is 0 Å². The fourth-order valence-electron chi connectivity index (χ4n) is 3.31. The second-order valence-corrected chi connectivity index (χ2v) is 7.79. The zero-order valence-corrected chi connectivity index (χ0v) is 16.1. The standard InChI is InChI=1S/C20H20F4N2O3/c1-19(2,3)29-18(28)25-15-10-13(17(27)26-8-4-5-16(15)26)12-9-11(21)6-7-14(12)20(22,23)24/h6-7,9-10H,4-5,8H2,1-3H3,(H,25,28). The molecule has 156 valence electrons. The van der Waals surface area contributed by atoms with Gasteiger partial charge in [-0.3, -0.25) is 10.1 Å². The minimum absolute atomic E-state index is 0.170. The van der Waals surface area contributed by atoms with Gasteiger partial charge in [-0.1, -0.05) is 0 Å². The molecule has 1 aromatic heterocycles. The molecule has 0 unspecified atom stereocenters. The highest BCUT2D eigenvalue weighted by Crippen LogP contribution is 2.38. The van der Waals surface area contributed by atoms with Crippen molar-refractivity contribution in [3.63, 3.8) is 0 Å². The third-order valence-corrected chi connectivity index (χ3v) is 4.41. The number of ether oxygens (including phenoxy) is 1. The van der Waals surface area contributed by atoms with Crippen molar-refractivity contribution < 1.29 is 27.1 Å². The molecule has 29 heavy (non-hydrogen) atoms. The van der Waals surface area contributed by atoms with Gasteiger partial charge >= 0.3 is 12.3 Å². The van der Waals surface area contributed by atoms with E-state index in [0.717, 1.165) is 6.07 Å². The number of aromatic nitrogens is 1. The molecule has 1 aliphatic rings. The summed E-state index contributed by atoms with van der Waals surface area (Å²) in [4.78, 5) is 25.0. The number of fused-ring (bicyclic) bond motifs is 1. The fraction of sp³-hybridized carbons (Fsp3) is 0.400. The summed E-state index contributed by atoms with van der Waals surface area (Å²) in [5.41, 5.74) is -2.82. The summed E-state index contributed by atoms with van der Waals surface area (Å²) in [6.07, 6.45) is -4.52. The SMILES string of the molecule is CC(C)(C)OC(=O)Nc1cc(-c2cc(F)ccc2C(F)(F)F)c(=O)n2c1CCC2. The number of pyridine rings is 1. The summed E-state index contributed by atoms with van der Waals surface area (Å²) in [5, 5.41) is 2.51. The summed E-state index contributed by atoms with van der Waals surface area (Å²) in [6, 6.07) is 3.13. The normalized spacial score (nSPS) is 13.9. The van der Waals surface area contributed by atoms with E-state index in [0.29, 0.717) is 43.3 Å². The quantitative estimate of drug-likeness (QED) is 0.709. The number of nitrogens with one attached hydrogen (secondary N) is 1. The van der Waals surface area contributed by atoms with E-state index in [2.05, 4.69) is 5.32 Å². The molecule has 2 heterocycles. The van der Waals surface area contributed by atoms with E-state index >= 15 is 0 Å². The van der Waals surface area contributed by atoms with Crippen LogP contribution in [-0.2, 0) is 23.9 Å². The van der Waals surface area contributed by atoms with Gasteiger partial charge < -0.3 is 9.30 Å². The lowest BCUT2D eigenvalue weighted by molar-refractivity contribution is -0.137. The number of nitrogens with zero attached hydrogens (tertiary/aromatic N) is 1. The van der Waals surface area contributed by atoms with Crippen LogP contribution in [0.4, 0.5) is 28.0 Å². The Balaban J connectivity index is 2.17. The van der Waals surface area contributed by atoms with E-state index in [9.17, 15) is 27.2 Å². The Labute approximate surface area is 164 Å². The van der Waals surface area contributed by atoms with Crippen LogP contribution in [0, 0.1) is 5.82 Å². The predicted molar refractivity (Wildman–Crippen MR) is 99.3 cm³/mol. The summed E-state index contributed by atoms with van der Waals surface area (Å²) in [5.74, 6) is -0.903. The van der Waals surface area contributed by atoms with Gasteiger partial charge in [-0.25, -0.2) is 9.18 Å². The molecule has 0 bridgehead atoms. The molecule has 0 atom stereocenters. The average molecular weight is 412 g/mol. The van der Waals surface area contributed by atoms with Crippen molar-refractivity contribution in [2.24, 2.45) is 0 Å². The first kappa shape index (κ1) is 20.9. The third kappa shape index (κ3) is 4.44. The number of benzene rings is 1. The molecule has 9 heteroatoms. The summed E-state index contributed by atoms with van der Waals surface area (Å²) < 4.78 is 60.6. The van der Waals surface area contributed by atoms with Crippen LogP contribution in [0.15, 0.2) is 29.1 Å². The Bertz CT molecular complexity index is 1020. The van der Waals surface area contributed by atoms with Crippen molar-refractivity contribution in [1.29, 1.82) is 0 Å². The highest BCUT2D eigenvalue weighted by molar-refractivity contribution is 5.87. The number of hydrogen-bond acceptors (Lipinski definition) is 3. The minimum Gasteiger partial charge on any atom is -0.444 e. The molecule has 3 rings (SSSR count).